The van der Waals surface area contributed by atoms with E-state index in [0.29, 0.717) is 30.2 Å². The number of ether oxygens (including phenoxy) is 1. The van der Waals surface area contributed by atoms with Gasteiger partial charge in [0.15, 0.2) is 5.69 Å². The lowest BCUT2D eigenvalue weighted by molar-refractivity contribution is 0.0740. The second-order valence-electron chi connectivity index (χ2n) is 7.34. The Morgan fingerprint density at radius 2 is 1.65 bits per heavy atom. The van der Waals surface area contributed by atoms with E-state index in [2.05, 4.69) is 15.3 Å². The van der Waals surface area contributed by atoms with Crippen LogP contribution in [0.2, 0.25) is 0 Å². The van der Waals surface area contributed by atoms with Crippen LogP contribution in [0.5, 0.6) is 5.75 Å². The van der Waals surface area contributed by atoms with E-state index >= 15 is 0 Å². The molecular formula is C23H25N5O3. The van der Waals surface area contributed by atoms with E-state index in [4.69, 9.17) is 4.74 Å². The Labute approximate surface area is 181 Å². The van der Waals surface area contributed by atoms with Crippen molar-refractivity contribution in [3.8, 4) is 5.75 Å². The number of piperazine rings is 1. The monoisotopic (exact) mass is 419 g/mol. The van der Waals surface area contributed by atoms with E-state index in [0.717, 1.165) is 24.5 Å². The zero-order valence-electron chi connectivity index (χ0n) is 17.6. The summed E-state index contributed by atoms with van der Waals surface area (Å²) in [6.07, 6.45) is 0. The number of aryl methyl sites for hydroxylation is 1. The molecule has 1 aromatic heterocycles. The zero-order chi connectivity index (χ0) is 21.8. The molecule has 2 amide bonds. The molecule has 160 valence electrons. The molecule has 2 aromatic carbocycles. The Balaban J connectivity index is 1.38. The van der Waals surface area contributed by atoms with Crippen LogP contribution in [0.4, 0.5) is 11.5 Å². The quantitative estimate of drug-likeness (QED) is 0.688. The Kier molecular flexibility index (Phi) is 5.88. The number of hydrogen-bond donors (Lipinski definition) is 1. The van der Waals surface area contributed by atoms with Gasteiger partial charge >= 0.3 is 0 Å². The van der Waals surface area contributed by atoms with E-state index in [1.165, 1.54) is 4.68 Å². The van der Waals surface area contributed by atoms with Crippen LogP contribution in [0.15, 0.2) is 60.7 Å². The third-order valence-electron chi connectivity index (χ3n) is 5.38. The highest BCUT2D eigenvalue weighted by atomic mass is 16.5. The fourth-order valence-electron chi connectivity index (χ4n) is 3.59. The summed E-state index contributed by atoms with van der Waals surface area (Å²) in [5.41, 5.74) is 1.98. The summed E-state index contributed by atoms with van der Waals surface area (Å²) in [6.45, 7) is 2.69. The highest BCUT2D eigenvalue weighted by Gasteiger charge is 2.25. The maximum absolute atomic E-state index is 13.0. The highest BCUT2D eigenvalue weighted by Crippen LogP contribution is 2.21. The third kappa shape index (κ3) is 4.53. The van der Waals surface area contributed by atoms with E-state index < -0.39 is 0 Å². The number of nitrogens with zero attached hydrogens (tertiary/aromatic N) is 4. The predicted molar refractivity (Wildman–Crippen MR) is 119 cm³/mol. The largest absolute Gasteiger partial charge is 0.497 e. The van der Waals surface area contributed by atoms with Gasteiger partial charge in [-0.1, -0.05) is 18.2 Å². The highest BCUT2D eigenvalue weighted by molar-refractivity contribution is 6.04. The minimum atomic E-state index is -0.240. The van der Waals surface area contributed by atoms with Crippen molar-refractivity contribution in [3.63, 3.8) is 0 Å². The Bertz CT molecular complexity index is 1050. The Morgan fingerprint density at radius 3 is 2.29 bits per heavy atom. The molecule has 8 heteroatoms. The topological polar surface area (TPSA) is 79.7 Å². The van der Waals surface area contributed by atoms with Gasteiger partial charge in [-0.05, 0) is 36.4 Å². The molecule has 8 nitrogen and oxygen atoms in total. The summed E-state index contributed by atoms with van der Waals surface area (Å²) in [4.78, 5) is 29.4. The van der Waals surface area contributed by atoms with Gasteiger partial charge in [0.2, 0.25) is 0 Å². The lowest BCUT2D eigenvalue weighted by Gasteiger charge is -2.35. The van der Waals surface area contributed by atoms with Crippen molar-refractivity contribution in [2.75, 3.05) is 43.5 Å². The number of anilines is 2. The van der Waals surface area contributed by atoms with Crippen LogP contribution in [-0.4, -0.2) is 59.8 Å². The van der Waals surface area contributed by atoms with Crippen molar-refractivity contribution < 1.29 is 14.3 Å². The van der Waals surface area contributed by atoms with Gasteiger partial charge in [-0.25, -0.2) is 0 Å². The van der Waals surface area contributed by atoms with Gasteiger partial charge in [0, 0.05) is 50.5 Å². The molecule has 0 atom stereocenters. The first kappa shape index (κ1) is 20.5. The average molecular weight is 419 g/mol. The van der Waals surface area contributed by atoms with Crippen molar-refractivity contribution in [1.82, 2.24) is 14.7 Å². The lowest BCUT2D eigenvalue weighted by atomic mass is 10.2. The smallest absolute Gasteiger partial charge is 0.274 e. The molecule has 1 N–H and O–H groups in total. The first-order valence-electron chi connectivity index (χ1n) is 10.1. The molecule has 0 unspecified atom stereocenters. The van der Waals surface area contributed by atoms with Gasteiger partial charge in [-0.2, -0.15) is 5.10 Å². The predicted octanol–water partition coefficient (Wildman–Crippen LogP) is 2.64. The van der Waals surface area contributed by atoms with Crippen molar-refractivity contribution in [2.45, 2.75) is 0 Å². The summed E-state index contributed by atoms with van der Waals surface area (Å²) >= 11 is 0. The first-order valence-corrected chi connectivity index (χ1v) is 10.1. The van der Waals surface area contributed by atoms with Crippen LogP contribution < -0.4 is 15.0 Å². The van der Waals surface area contributed by atoms with Crippen molar-refractivity contribution in [1.29, 1.82) is 0 Å². The molecule has 4 rings (SSSR count). The number of benzene rings is 2. The van der Waals surface area contributed by atoms with Crippen molar-refractivity contribution >= 4 is 23.3 Å². The van der Waals surface area contributed by atoms with Crippen LogP contribution in [0.1, 0.15) is 20.8 Å². The minimum Gasteiger partial charge on any atom is -0.497 e. The molecule has 1 fully saturated rings. The van der Waals surface area contributed by atoms with Crippen LogP contribution in [-0.2, 0) is 7.05 Å². The lowest BCUT2D eigenvalue weighted by Crippen LogP contribution is -2.48. The van der Waals surface area contributed by atoms with Crippen molar-refractivity contribution in [2.24, 2.45) is 7.05 Å². The molecule has 0 saturated carbocycles. The molecule has 0 radical (unpaired) electrons. The number of methoxy groups -OCH3 is 1. The molecule has 1 aliphatic heterocycles. The van der Waals surface area contributed by atoms with E-state index in [-0.39, 0.29) is 11.8 Å². The van der Waals surface area contributed by atoms with E-state index in [1.807, 2.05) is 30.3 Å². The number of amides is 2. The molecule has 1 saturated heterocycles. The number of aromatic nitrogens is 2. The van der Waals surface area contributed by atoms with Crippen LogP contribution in [0.3, 0.4) is 0 Å². The Morgan fingerprint density at radius 1 is 0.968 bits per heavy atom. The van der Waals surface area contributed by atoms with Gasteiger partial charge in [0.05, 0.1) is 7.11 Å². The van der Waals surface area contributed by atoms with Gasteiger partial charge in [-0.3, -0.25) is 14.3 Å². The number of carbonyl (C=O) groups is 2. The van der Waals surface area contributed by atoms with Gasteiger partial charge in [0.1, 0.15) is 11.6 Å². The van der Waals surface area contributed by atoms with Crippen molar-refractivity contribution in [3.05, 3.63) is 71.9 Å². The van der Waals surface area contributed by atoms with Gasteiger partial charge < -0.3 is 19.9 Å². The van der Waals surface area contributed by atoms with Crippen LogP contribution in [0, 0.1) is 0 Å². The molecular weight excluding hydrogens is 394 g/mol. The normalized spacial score (nSPS) is 13.7. The molecule has 3 aromatic rings. The molecule has 0 bridgehead atoms. The summed E-state index contributed by atoms with van der Waals surface area (Å²) in [5, 5.41) is 7.13. The molecule has 1 aliphatic rings. The van der Waals surface area contributed by atoms with E-state index in [9.17, 15) is 9.59 Å². The van der Waals surface area contributed by atoms with Crippen LogP contribution in [0.25, 0.3) is 0 Å². The molecule has 0 spiro atoms. The number of nitrogens with one attached hydrogen (secondary N) is 1. The summed E-state index contributed by atoms with van der Waals surface area (Å²) in [5.74, 6) is 0.929. The standard InChI is InChI=1S/C23H25N5O3/c1-26-21(24-22(29)17-6-4-3-5-7-17)16-20(25-26)23(30)28-14-12-27(13-15-28)18-8-10-19(31-2)11-9-18/h3-11,16H,12-15H2,1-2H3,(H,24,29). The zero-order valence-corrected chi connectivity index (χ0v) is 17.6. The van der Waals surface area contributed by atoms with Crippen LogP contribution >= 0.6 is 0 Å². The van der Waals surface area contributed by atoms with Gasteiger partial charge in [0.25, 0.3) is 11.8 Å². The average Bonchev–Trinajstić information content (AvgIpc) is 3.19. The fourth-order valence-corrected chi connectivity index (χ4v) is 3.59. The Hall–Kier alpha value is -3.81. The molecule has 31 heavy (non-hydrogen) atoms. The maximum Gasteiger partial charge on any atom is 0.274 e. The molecule has 2 heterocycles. The molecule has 0 aliphatic carbocycles. The summed E-state index contributed by atoms with van der Waals surface area (Å²) in [7, 11) is 3.36. The third-order valence-corrected chi connectivity index (χ3v) is 5.38. The van der Waals surface area contributed by atoms with Gasteiger partial charge in [-0.15, -0.1) is 0 Å². The number of rotatable bonds is 5. The second kappa shape index (κ2) is 8.91. The fraction of sp³-hybridized carbons (Fsp3) is 0.261. The SMILES string of the molecule is COc1ccc(N2CCN(C(=O)c3cc(NC(=O)c4ccccc4)n(C)n3)CC2)cc1. The number of hydrogen-bond acceptors (Lipinski definition) is 5. The summed E-state index contributed by atoms with van der Waals surface area (Å²) in [6, 6.07) is 18.5. The van der Waals surface area contributed by atoms with E-state index in [1.54, 1.807) is 49.4 Å². The summed E-state index contributed by atoms with van der Waals surface area (Å²) < 4.78 is 6.72. The minimum absolute atomic E-state index is 0.134. The first-order chi connectivity index (χ1) is 15.0. The second-order valence-corrected chi connectivity index (χ2v) is 7.34. The number of carbonyl (C=O) groups excluding carboxylic acids is 2. The maximum atomic E-state index is 13.0.